The lowest BCUT2D eigenvalue weighted by Gasteiger charge is -2.07. The van der Waals surface area contributed by atoms with Crippen molar-refractivity contribution in [1.82, 2.24) is 9.78 Å². The fourth-order valence-corrected chi connectivity index (χ4v) is 2.56. The van der Waals surface area contributed by atoms with Crippen LogP contribution in [0.15, 0.2) is 4.47 Å². The molecule has 0 N–H and O–H groups in total. The van der Waals surface area contributed by atoms with Gasteiger partial charge in [0.25, 0.3) is 0 Å². The summed E-state index contributed by atoms with van der Waals surface area (Å²) < 4.78 is 2.82. The Morgan fingerprint density at radius 3 is 2.59 bits per heavy atom. The number of hydrogen-bond donors (Lipinski definition) is 0. The Morgan fingerprint density at radius 1 is 1.47 bits per heavy atom. The Kier molecular flexibility index (Phi) is 5.37. The van der Waals surface area contributed by atoms with Gasteiger partial charge in [-0.25, -0.2) is 0 Å². The molecule has 0 bridgehead atoms. The predicted molar refractivity (Wildman–Crippen MR) is 73.1 cm³/mol. The van der Waals surface area contributed by atoms with Crippen molar-refractivity contribution in [2.45, 2.75) is 46.5 Å². The maximum absolute atomic E-state index is 11.9. The van der Waals surface area contributed by atoms with Crippen LogP contribution in [0.2, 0.25) is 0 Å². The average Bonchev–Trinajstić information content (AvgIpc) is 2.56. The summed E-state index contributed by atoms with van der Waals surface area (Å²) in [6.07, 6.45) is 3.08. The number of nitrogens with zero attached hydrogens (tertiary/aromatic N) is 2. The lowest BCUT2D eigenvalue weighted by atomic mass is 9.99. The van der Waals surface area contributed by atoms with Crippen molar-refractivity contribution in [2.75, 3.05) is 0 Å². The van der Waals surface area contributed by atoms with Gasteiger partial charge in [-0.3, -0.25) is 9.48 Å². The van der Waals surface area contributed by atoms with Crippen molar-refractivity contribution < 1.29 is 4.79 Å². The summed E-state index contributed by atoms with van der Waals surface area (Å²) in [5.41, 5.74) is 2.02. The molecule has 0 amide bonds. The number of aryl methyl sites for hydroxylation is 2. The van der Waals surface area contributed by atoms with E-state index in [0.29, 0.717) is 24.5 Å². The average molecular weight is 301 g/mol. The van der Waals surface area contributed by atoms with Crippen molar-refractivity contribution in [1.29, 1.82) is 0 Å². The number of rotatable bonds is 6. The molecule has 0 fully saturated rings. The first kappa shape index (κ1) is 14.4. The van der Waals surface area contributed by atoms with Crippen LogP contribution >= 0.6 is 15.9 Å². The number of carbonyl (C=O) groups excluding carboxylic acids is 1. The van der Waals surface area contributed by atoms with Crippen LogP contribution < -0.4 is 0 Å². The van der Waals surface area contributed by atoms with Gasteiger partial charge in [-0.15, -0.1) is 0 Å². The Morgan fingerprint density at radius 2 is 2.12 bits per heavy atom. The minimum Gasteiger partial charge on any atom is -0.299 e. The highest BCUT2D eigenvalue weighted by Gasteiger charge is 2.16. The normalized spacial score (nSPS) is 12.8. The van der Waals surface area contributed by atoms with E-state index >= 15 is 0 Å². The molecule has 0 saturated carbocycles. The van der Waals surface area contributed by atoms with Crippen LogP contribution in [-0.2, 0) is 24.7 Å². The molecule has 1 aromatic heterocycles. The number of carbonyl (C=O) groups is 1. The topological polar surface area (TPSA) is 34.9 Å². The highest BCUT2D eigenvalue weighted by atomic mass is 79.9. The lowest BCUT2D eigenvalue weighted by Crippen LogP contribution is -2.11. The summed E-state index contributed by atoms with van der Waals surface area (Å²) in [6, 6.07) is 0. The van der Waals surface area contributed by atoms with Gasteiger partial charge in [0.05, 0.1) is 15.9 Å². The van der Waals surface area contributed by atoms with Crippen molar-refractivity contribution >= 4 is 21.7 Å². The second-order valence-electron chi connectivity index (χ2n) is 4.62. The number of hydrogen-bond acceptors (Lipinski definition) is 2. The van der Waals surface area contributed by atoms with Crippen LogP contribution in [0.25, 0.3) is 0 Å². The first-order chi connectivity index (χ1) is 7.99. The van der Waals surface area contributed by atoms with E-state index in [-0.39, 0.29) is 0 Å². The monoisotopic (exact) mass is 300 g/mol. The Balaban J connectivity index is 2.74. The second-order valence-corrected chi connectivity index (χ2v) is 5.41. The summed E-state index contributed by atoms with van der Waals surface area (Å²) in [5.74, 6) is 0.769. The fraction of sp³-hybridized carbons (Fsp3) is 0.692. The Bertz CT molecular complexity index is 398. The first-order valence-electron chi connectivity index (χ1n) is 6.21. The smallest absolute Gasteiger partial charge is 0.139 e. The minimum atomic E-state index is 0.297. The molecule has 4 heteroatoms. The highest BCUT2D eigenvalue weighted by molar-refractivity contribution is 9.10. The third-order valence-corrected chi connectivity index (χ3v) is 4.06. The van der Waals surface area contributed by atoms with Gasteiger partial charge in [-0.05, 0) is 28.3 Å². The molecule has 1 unspecified atom stereocenters. The third kappa shape index (κ3) is 3.66. The molecule has 0 aromatic carbocycles. The molecular weight excluding hydrogens is 280 g/mol. The van der Waals surface area contributed by atoms with Crippen LogP contribution in [0.3, 0.4) is 0 Å². The van der Waals surface area contributed by atoms with Crippen molar-refractivity contribution in [3.63, 3.8) is 0 Å². The molecule has 1 rings (SSSR count). The molecule has 96 valence electrons. The van der Waals surface area contributed by atoms with Crippen molar-refractivity contribution in [3.8, 4) is 0 Å². The van der Waals surface area contributed by atoms with E-state index in [1.165, 1.54) is 0 Å². The molecule has 0 aliphatic carbocycles. The van der Waals surface area contributed by atoms with Gasteiger partial charge in [-0.2, -0.15) is 5.10 Å². The second kappa shape index (κ2) is 6.34. The van der Waals surface area contributed by atoms with Crippen LogP contribution in [0, 0.1) is 5.92 Å². The van der Waals surface area contributed by atoms with E-state index in [4.69, 9.17) is 0 Å². The Labute approximate surface area is 112 Å². The summed E-state index contributed by atoms with van der Waals surface area (Å²) in [4.78, 5) is 11.9. The van der Waals surface area contributed by atoms with Crippen LogP contribution in [0.1, 0.15) is 45.0 Å². The zero-order chi connectivity index (χ0) is 13.0. The molecule has 0 saturated heterocycles. The molecule has 3 nitrogen and oxygen atoms in total. The van der Waals surface area contributed by atoms with Crippen LogP contribution in [-0.4, -0.2) is 15.6 Å². The van der Waals surface area contributed by atoms with E-state index in [1.807, 2.05) is 11.7 Å². The maximum Gasteiger partial charge on any atom is 0.139 e. The quantitative estimate of drug-likeness (QED) is 0.808. The standard InChI is InChI=1S/C13H21BrN2O/c1-5-9(3)7-10(17)8-12-13(14)11(6-2)15-16(12)4/h9H,5-8H2,1-4H3. The zero-order valence-corrected chi connectivity index (χ0v) is 12.7. The van der Waals surface area contributed by atoms with Crippen LogP contribution in [0.5, 0.6) is 0 Å². The summed E-state index contributed by atoms with van der Waals surface area (Å²) in [6.45, 7) is 6.30. The molecular formula is C13H21BrN2O. The highest BCUT2D eigenvalue weighted by Crippen LogP contribution is 2.23. The van der Waals surface area contributed by atoms with E-state index in [2.05, 4.69) is 41.8 Å². The summed E-state index contributed by atoms with van der Waals surface area (Å²) in [5, 5.41) is 4.40. The SMILES string of the molecule is CCc1nn(C)c(CC(=O)CC(C)CC)c1Br. The number of halogens is 1. The van der Waals surface area contributed by atoms with Gasteiger partial charge in [0, 0.05) is 19.9 Å². The van der Waals surface area contributed by atoms with Gasteiger partial charge in [0.15, 0.2) is 0 Å². The van der Waals surface area contributed by atoms with E-state index in [9.17, 15) is 4.79 Å². The third-order valence-electron chi connectivity index (χ3n) is 3.14. The number of aromatic nitrogens is 2. The molecule has 17 heavy (non-hydrogen) atoms. The fourth-order valence-electron chi connectivity index (χ4n) is 1.80. The molecule has 0 spiro atoms. The molecule has 0 aliphatic rings. The van der Waals surface area contributed by atoms with Gasteiger partial charge in [0.1, 0.15) is 5.78 Å². The maximum atomic E-state index is 11.9. The molecule has 1 heterocycles. The summed E-state index contributed by atoms with van der Waals surface area (Å²) in [7, 11) is 1.90. The Hall–Kier alpha value is -0.640. The van der Waals surface area contributed by atoms with Crippen molar-refractivity contribution in [3.05, 3.63) is 15.9 Å². The van der Waals surface area contributed by atoms with E-state index in [1.54, 1.807) is 0 Å². The molecule has 0 radical (unpaired) electrons. The molecule has 1 atom stereocenters. The molecule has 0 aliphatic heterocycles. The van der Waals surface area contributed by atoms with Gasteiger partial charge in [-0.1, -0.05) is 27.2 Å². The number of Topliss-reactive ketones (excluding diaryl/α,β-unsaturated/α-hetero) is 1. The molecule has 1 aromatic rings. The lowest BCUT2D eigenvalue weighted by molar-refractivity contribution is -0.119. The van der Waals surface area contributed by atoms with Gasteiger partial charge >= 0.3 is 0 Å². The van der Waals surface area contributed by atoms with Gasteiger partial charge in [0.2, 0.25) is 0 Å². The van der Waals surface area contributed by atoms with E-state index < -0.39 is 0 Å². The predicted octanol–water partition coefficient (Wildman–Crippen LogP) is 3.29. The van der Waals surface area contributed by atoms with Crippen LogP contribution in [0.4, 0.5) is 0 Å². The van der Waals surface area contributed by atoms with E-state index in [0.717, 1.165) is 28.7 Å². The first-order valence-corrected chi connectivity index (χ1v) is 7.00. The zero-order valence-electron chi connectivity index (χ0n) is 11.1. The largest absolute Gasteiger partial charge is 0.299 e. The number of ketones is 1. The minimum absolute atomic E-state index is 0.297. The summed E-state index contributed by atoms with van der Waals surface area (Å²) >= 11 is 3.54. The van der Waals surface area contributed by atoms with Crippen molar-refractivity contribution in [2.24, 2.45) is 13.0 Å². The van der Waals surface area contributed by atoms with Gasteiger partial charge < -0.3 is 0 Å².